The fourth-order valence-electron chi connectivity index (χ4n) is 5.20. The predicted octanol–water partition coefficient (Wildman–Crippen LogP) is 5.44. The van der Waals surface area contributed by atoms with Gasteiger partial charge in [-0.3, -0.25) is 9.59 Å². The van der Waals surface area contributed by atoms with Gasteiger partial charge in [0, 0.05) is 24.3 Å². The average molecular weight is 547 g/mol. The molecule has 10 heteroatoms. The molecule has 4 atom stereocenters. The highest BCUT2D eigenvalue weighted by molar-refractivity contribution is 8.04. The van der Waals surface area contributed by atoms with Crippen LogP contribution in [0.5, 0.6) is 11.5 Å². The number of hydrogen-bond acceptors (Lipinski definition) is 5. The first-order valence-corrected chi connectivity index (χ1v) is 13.5. The quantitative estimate of drug-likeness (QED) is 0.518. The zero-order valence-electron chi connectivity index (χ0n) is 21.1. The third-order valence-corrected chi connectivity index (χ3v) is 8.79. The zero-order chi connectivity index (χ0) is 27.0. The minimum atomic E-state index is -4.40. The summed E-state index contributed by atoms with van der Waals surface area (Å²) in [5.41, 5.74) is 0.746. The van der Waals surface area contributed by atoms with Crippen LogP contribution in [0.3, 0.4) is 0 Å². The van der Waals surface area contributed by atoms with Crippen molar-refractivity contribution in [3.05, 3.63) is 64.1 Å². The summed E-state index contributed by atoms with van der Waals surface area (Å²) < 4.78 is 49.8. The number of fused-ring (bicyclic) bond motifs is 2. The normalized spacial score (nSPS) is 25.1. The molecule has 2 fully saturated rings. The molecule has 0 bridgehead atoms. The van der Waals surface area contributed by atoms with Crippen LogP contribution in [0.4, 0.5) is 13.2 Å². The first-order chi connectivity index (χ1) is 18.1. The Labute approximate surface area is 223 Å². The first-order valence-electron chi connectivity index (χ1n) is 12.6. The molecule has 1 saturated heterocycles. The van der Waals surface area contributed by atoms with Gasteiger partial charge in [-0.1, -0.05) is 18.2 Å². The Morgan fingerprint density at radius 2 is 1.82 bits per heavy atom. The van der Waals surface area contributed by atoms with E-state index in [0.717, 1.165) is 24.1 Å². The van der Waals surface area contributed by atoms with Gasteiger partial charge in [0.1, 0.15) is 13.2 Å². The van der Waals surface area contributed by atoms with E-state index in [9.17, 15) is 22.8 Å². The third kappa shape index (κ3) is 5.50. The van der Waals surface area contributed by atoms with E-state index in [-0.39, 0.29) is 35.1 Å². The number of hydrogen-bond donors (Lipinski definition) is 1. The summed E-state index contributed by atoms with van der Waals surface area (Å²) in [5.74, 6) is 0.942. The Morgan fingerprint density at radius 3 is 2.53 bits per heavy atom. The molecule has 38 heavy (non-hydrogen) atoms. The summed E-state index contributed by atoms with van der Waals surface area (Å²) >= 11 is 1.46. The van der Waals surface area contributed by atoms with E-state index in [1.54, 1.807) is 18.0 Å². The lowest BCUT2D eigenvalue weighted by molar-refractivity contribution is -0.137. The van der Waals surface area contributed by atoms with Crippen molar-refractivity contribution < 1.29 is 32.2 Å². The maximum absolute atomic E-state index is 13.2. The SMILES string of the molecule is CC(NC(=O)C1CCC2S/C(=C\c3ccc(C(F)(F)F)cc3)C(=O)N(C)C2C1)c1ccc2c(c1)OCCO2. The number of ether oxygens (including phenoxy) is 2. The molecule has 2 aromatic rings. The van der Waals surface area contributed by atoms with Gasteiger partial charge in [-0.25, -0.2) is 0 Å². The van der Waals surface area contributed by atoms with Crippen molar-refractivity contribution in [3.8, 4) is 11.5 Å². The van der Waals surface area contributed by atoms with Crippen LogP contribution >= 0.6 is 11.8 Å². The van der Waals surface area contributed by atoms with Crippen LogP contribution in [-0.4, -0.2) is 48.3 Å². The molecule has 4 unspecified atom stereocenters. The number of alkyl halides is 3. The second-order valence-electron chi connectivity index (χ2n) is 9.91. The molecule has 2 aliphatic heterocycles. The molecule has 1 aliphatic carbocycles. The highest BCUT2D eigenvalue weighted by Crippen LogP contribution is 2.43. The maximum Gasteiger partial charge on any atom is 0.416 e. The van der Waals surface area contributed by atoms with Gasteiger partial charge in [0.05, 0.1) is 16.5 Å². The predicted molar refractivity (Wildman–Crippen MR) is 139 cm³/mol. The Morgan fingerprint density at radius 1 is 1.11 bits per heavy atom. The summed E-state index contributed by atoms with van der Waals surface area (Å²) in [5, 5.41) is 3.24. The van der Waals surface area contributed by atoms with Crippen molar-refractivity contribution >= 4 is 29.7 Å². The summed E-state index contributed by atoms with van der Waals surface area (Å²) in [4.78, 5) is 28.5. The van der Waals surface area contributed by atoms with Crippen LogP contribution < -0.4 is 14.8 Å². The van der Waals surface area contributed by atoms with Crippen molar-refractivity contribution in [1.82, 2.24) is 10.2 Å². The fourth-order valence-corrected chi connectivity index (χ4v) is 6.68. The van der Waals surface area contributed by atoms with Crippen LogP contribution in [0.25, 0.3) is 6.08 Å². The van der Waals surface area contributed by atoms with E-state index in [2.05, 4.69) is 5.32 Å². The lowest BCUT2D eigenvalue weighted by atomic mass is 9.83. The molecule has 0 spiro atoms. The molecular formula is C28H29F3N2O4S. The highest BCUT2D eigenvalue weighted by Gasteiger charge is 2.43. The van der Waals surface area contributed by atoms with Crippen LogP contribution in [0.1, 0.15) is 48.9 Å². The fraction of sp³-hybridized carbons (Fsp3) is 0.429. The third-order valence-electron chi connectivity index (χ3n) is 7.39. The molecule has 2 amide bonds. The van der Waals surface area contributed by atoms with Gasteiger partial charge in [-0.15, -0.1) is 11.8 Å². The van der Waals surface area contributed by atoms with Gasteiger partial charge in [-0.2, -0.15) is 13.2 Å². The molecule has 3 aliphatic rings. The van der Waals surface area contributed by atoms with Gasteiger partial charge in [-0.05, 0) is 67.7 Å². The summed E-state index contributed by atoms with van der Waals surface area (Å²) in [6.07, 6.45) is -0.737. The minimum absolute atomic E-state index is 0.0391. The smallest absolute Gasteiger partial charge is 0.416 e. The van der Waals surface area contributed by atoms with Crippen LogP contribution in [-0.2, 0) is 15.8 Å². The van der Waals surface area contributed by atoms with E-state index >= 15 is 0 Å². The molecule has 1 N–H and O–H groups in total. The number of nitrogens with one attached hydrogen (secondary N) is 1. The Balaban J connectivity index is 1.22. The second kappa shape index (κ2) is 10.6. The van der Waals surface area contributed by atoms with Crippen LogP contribution in [0, 0.1) is 5.92 Å². The lowest BCUT2D eigenvalue weighted by Gasteiger charge is -2.44. The van der Waals surface area contributed by atoms with Gasteiger partial charge >= 0.3 is 6.18 Å². The van der Waals surface area contributed by atoms with Crippen molar-refractivity contribution in [2.45, 2.75) is 49.7 Å². The summed E-state index contributed by atoms with van der Waals surface area (Å²) in [6, 6.07) is 10.2. The first kappa shape index (κ1) is 26.5. The zero-order valence-corrected chi connectivity index (χ0v) is 21.9. The molecule has 0 radical (unpaired) electrons. The highest BCUT2D eigenvalue weighted by atomic mass is 32.2. The lowest BCUT2D eigenvalue weighted by Crippen LogP contribution is -2.52. The molecule has 6 nitrogen and oxygen atoms in total. The number of nitrogens with zero attached hydrogens (tertiary/aromatic N) is 1. The number of halogens is 3. The monoisotopic (exact) mass is 546 g/mol. The molecule has 2 aromatic carbocycles. The number of amides is 2. The summed E-state index contributed by atoms with van der Waals surface area (Å²) in [7, 11) is 1.73. The standard InChI is InChI=1S/C28H29F3N2O4S/c1-16(18-5-9-22-23(15-18)37-12-11-36-22)32-26(34)19-6-10-24-21(14-19)33(2)27(35)25(38-24)13-17-3-7-20(8-4-17)28(29,30)31/h3-5,7-9,13,15-16,19,21,24H,6,10-12,14H2,1-2H3,(H,32,34)/b25-13-. The van der Waals surface area contributed by atoms with Crippen molar-refractivity contribution in [3.63, 3.8) is 0 Å². The Bertz CT molecular complexity index is 1250. The number of rotatable bonds is 4. The van der Waals surface area contributed by atoms with Gasteiger partial charge < -0.3 is 19.7 Å². The van der Waals surface area contributed by atoms with E-state index < -0.39 is 11.7 Å². The Kier molecular flexibility index (Phi) is 7.35. The maximum atomic E-state index is 13.2. The minimum Gasteiger partial charge on any atom is -0.486 e. The van der Waals surface area contributed by atoms with Gasteiger partial charge in [0.15, 0.2) is 11.5 Å². The molecule has 0 aromatic heterocycles. The van der Waals surface area contributed by atoms with Crippen LogP contribution in [0.2, 0.25) is 0 Å². The van der Waals surface area contributed by atoms with Crippen molar-refractivity contribution in [1.29, 1.82) is 0 Å². The molecule has 5 rings (SSSR count). The largest absolute Gasteiger partial charge is 0.486 e. The van der Waals surface area contributed by atoms with E-state index in [0.29, 0.717) is 48.0 Å². The number of benzene rings is 2. The number of carbonyl (C=O) groups excluding carboxylic acids is 2. The van der Waals surface area contributed by atoms with E-state index in [1.807, 2.05) is 25.1 Å². The van der Waals surface area contributed by atoms with Crippen LogP contribution in [0.15, 0.2) is 47.4 Å². The van der Waals surface area contributed by atoms with E-state index in [1.165, 1.54) is 23.9 Å². The molecule has 202 valence electrons. The average Bonchev–Trinajstić information content (AvgIpc) is 2.91. The second-order valence-corrected chi connectivity index (χ2v) is 11.2. The van der Waals surface area contributed by atoms with Gasteiger partial charge in [0.25, 0.3) is 5.91 Å². The van der Waals surface area contributed by atoms with Crippen molar-refractivity contribution in [2.24, 2.45) is 5.92 Å². The van der Waals surface area contributed by atoms with Crippen molar-refractivity contribution in [2.75, 3.05) is 20.3 Å². The topological polar surface area (TPSA) is 67.9 Å². The van der Waals surface area contributed by atoms with Gasteiger partial charge in [0.2, 0.25) is 5.91 Å². The molecular weight excluding hydrogens is 517 g/mol. The number of likely N-dealkylation sites (N-methyl/N-ethyl adjacent to an activating group) is 1. The Hall–Kier alpha value is -3.14. The molecule has 2 heterocycles. The number of carbonyl (C=O) groups is 2. The summed E-state index contributed by atoms with van der Waals surface area (Å²) in [6.45, 7) is 2.94. The molecule has 1 saturated carbocycles. The van der Waals surface area contributed by atoms with E-state index in [4.69, 9.17) is 9.47 Å². The number of thioether (sulfide) groups is 1.